The van der Waals surface area contributed by atoms with Crippen LogP contribution in [0.5, 0.6) is 0 Å². The first-order chi connectivity index (χ1) is 15.5. The van der Waals surface area contributed by atoms with E-state index in [0.717, 1.165) is 12.8 Å². The summed E-state index contributed by atoms with van der Waals surface area (Å²) < 4.78 is 1.35. The molecule has 2 aromatic carbocycles. The summed E-state index contributed by atoms with van der Waals surface area (Å²) in [7, 11) is 0. The molecule has 1 aromatic heterocycles. The summed E-state index contributed by atoms with van der Waals surface area (Å²) in [5.74, 6) is 0.325. The lowest BCUT2D eigenvalue weighted by Gasteiger charge is -2.20. The van der Waals surface area contributed by atoms with Crippen LogP contribution in [0.25, 0.3) is 10.1 Å². The number of carbonyl (C=O) groups excluding carboxylic acids is 2. The second-order valence-electron chi connectivity index (χ2n) is 8.64. The third kappa shape index (κ3) is 5.37. The van der Waals surface area contributed by atoms with Gasteiger partial charge in [0.25, 0.3) is 5.91 Å². The maximum Gasteiger partial charge on any atom is 0.251 e. The Bertz CT molecular complexity index is 1080. The van der Waals surface area contributed by atoms with Gasteiger partial charge in [-0.15, -0.1) is 11.3 Å². The molecule has 1 aliphatic carbocycles. The molecule has 2 amide bonds. The number of benzene rings is 2. The average molecular weight is 450 g/mol. The Morgan fingerprint density at radius 2 is 1.78 bits per heavy atom. The number of amides is 2. The van der Waals surface area contributed by atoms with Gasteiger partial charge in [-0.25, -0.2) is 0 Å². The summed E-state index contributed by atoms with van der Waals surface area (Å²) in [6.45, 7) is 4.60. The third-order valence-electron chi connectivity index (χ3n) is 6.32. The maximum absolute atomic E-state index is 12.3. The van der Waals surface area contributed by atoms with Crippen LogP contribution in [0.4, 0.5) is 0 Å². The van der Waals surface area contributed by atoms with Crippen molar-refractivity contribution in [2.75, 3.05) is 13.1 Å². The lowest BCUT2D eigenvalue weighted by atomic mass is 9.96. The van der Waals surface area contributed by atoms with Crippen LogP contribution in [-0.2, 0) is 4.79 Å². The summed E-state index contributed by atoms with van der Waals surface area (Å²) in [5.41, 5.74) is 3.35. The highest BCUT2D eigenvalue weighted by molar-refractivity contribution is 7.17. The molecule has 5 nitrogen and oxygen atoms in total. The van der Waals surface area contributed by atoms with Crippen LogP contribution in [0.15, 0.2) is 53.9 Å². The zero-order valence-corrected chi connectivity index (χ0v) is 19.5. The minimum Gasteiger partial charge on any atom is -0.355 e. The van der Waals surface area contributed by atoms with Crippen molar-refractivity contribution in [1.82, 2.24) is 16.0 Å². The van der Waals surface area contributed by atoms with Crippen LogP contribution < -0.4 is 16.0 Å². The Kier molecular flexibility index (Phi) is 7.22. The third-order valence-corrected chi connectivity index (χ3v) is 7.31. The molecule has 6 heteroatoms. The molecule has 3 atom stereocenters. The van der Waals surface area contributed by atoms with Crippen molar-refractivity contribution in [3.63, 3.8) is 0 Å². The van der Waals surface area contributed by atoms with E-state index in [2.05, 4.69) is 64.7 Å². The van der Waals surface area contributed by atoms with Gasteiger partial charge in [-0.1, -0.05) is 30.3 Å². The molecule has 1 fully saturated rings. The average Bonchev–Trinajstić information content (AvgIpc) is 3.44. The summed E-state index contributed by atoms with van der Waals surface area (Å²) in [4.78, 5) is 23.2. The molecule has 0 radical (unpaired) electrons. The molecule has 1 heterocycles. The van der Waals surface area contributed by atoms with Gasteiger partial charge in [0.05, 0.1) is 0 Å². The number of thiophene rings is 1. The van der Waals surface area contributed by atoms with Gasteiger partial charge in [0, 0.05) is 42.4 Å². The van der Waals surface area contributed by atoms with Gasteiger partial charge in [-0.3, -0.25) is 9.59 Å². The number of carbonyl (C=O) groups is 2. The van der Waals surface area contributed by atoms with Crippen molar-refractivity contribution < 1.29 is 9.59 Å². The van der Waals surface area contributed by atoms with Crippen LogP contribution >= 0.6 is 11.3 Å². The van der Waals surface area contributed by atoms with E-state index in [4.69, 9.17) is 0 Å². The molecule has 168 valence electrons. The zero-order chi connectivity index (χ0) is 22.5. The Hall–Kier alpha value is -2.70. The standard InChI is InChI=1S/C26H31N3O2S/c1-17(24-16-32-25-6-4-3-5-23(24)25)29-22-12-11-21(15-22)19-7-9-20(10-8-19)26(31)28-14-13-27-18(2)30/h3-10,16-17,21-22,29H,11-15H2,1-2H3,(H,27,30)(H,28,31)/t17-,21+,22?/m1/s1. The monoisotopic (exact) mass is 449 g/mol. The molecule has 0 aliphatic heterocycles. The number of rotatable bonds is 8. The van der Waals surface area contributed by atoms with Crippen LogP contribution in [0.1, 0.15) is 66.6 Å². The minimum atomic E-state index is -0.107. The predicted molar refractivity (Wildman–Crippen MR) is 131 cm³/mol. The first-order valence-corrected chi connectivity index (χ1v) is 12.2. The largest absolute Gasteiger partial charge is 0.355 e. The van der Waals surface area contributed by atoms with Crippen LogP contribution in [0.3, 0.4) is 0 Å². The van der Waals surface area contributed by atoms with E-state index >= 15 is 0 Å². The summed E-state index contributed by atoms with van der Waals surface area (Å²) in [6.07, 6.45) is 3.45. The molecule has 1 saturated carbocycles. The Balaban J connectivity index is 1.29. The van der Waals surface area contributed by atoms with Gasteiger partial charge in [-0.2, -0.15) is 0 Å². The highest BCUT2D eigenvalue weighted by atomic mass is 32.1. The van der Waals surface area contributed by atoms with E-state index in [1.54, 1.807) is 0 Å². The summed E-state index contributed by atoms with van der Waals surface area (Å²) in [6, 6.07) is 17.4. The molecular weight excluding hydrogens is 418 g/mol. The van der Waals surface area contributed by atoms with Crippen LogP contribution in [0.2, 0.25) is 0 Å². The molecular formula is C26H31N3O2S. The summed E-state index contributed by atoms with van der Waals surface area (Å²) in [5, 5.41) is 13.0. The van der Waals surface area contributed by atoms with Gasteiger partial charge in [-0.05, 0) is 72.2 Å². The van der Waals surface area contributed by atoms with Crippen molar-refractivity contribution in [1.29, 1.82) is 0 Å². The Morgan fingerprint density at radius 3 is 2.56 bits per heavy atom. The maximum atomic E-state index is 12.3. The predicted octanol–water partition coefficient (Wildman–Crippen LogP) is 4.75. The van der Waals surface area contributed by atoms with Crippen molar-refractivity contribution >= 4 is 33.2 Å². The Morgan fingerprint density at radius 1 is 1.03 bits per heavy atom. The zero-order valence-electron chi connectivity index (χ0n) is 18.7. The fraction of sp³-hybridized carbons (Fsp3) is 0.385. The molecule has 1 unspecified atom stereocenters. The SMILES string of the molecule is CC(=O)NCCNC(=O)c1ccc([C@H]2CCC(N[C@H](C)c3csc4ccccc34)C2)cc1. The molecule has 4 rings (SSSR count). The van der Waals surface area contributed by atoms with Crippen molar-refractivity contribution in [3.8, 4) is 0 Å². The van der Waals surface area contributed by atoms with E-state index in [1.165, 1.54) is 34.6 Å². The van der Waals surface area contributed by atoms with Crippen LogP contribution in [-0.4, -0.2) is 30.9 Å². The normalized spacial score (nSPS) is 19.1. The highest BCUT2D eigenvalue weighted by Gasteiger charge is 2.27. The first-order valence-electron chi connectivity index (χ1n) is 11.4. The molecule has 0 spiro atoms. The van der Waals surface area contributed by atoms with E-state index in [-0.39, 0.29) is 11.8 Å². The van der Waals surface area contributed by atoms with Gasteiger partial charge >= 0.3 is 0 Å². The lowest BCUT2D eigenvalue weighted by Crippen LogP contribution is -2.33. The van der Waals surface area contributed by atoms with E-state index < -0.39 is 0 Å². The number of hydrogen-bond acceptors (Lipinski definition) is 4. The van der Waals surface area contributed by atoms with Gasteiger partial charge in [0.2, 0.25) is 5.91 Å². The topological polar surface area (TPSA) is 70.2 Å². The number of fused-ring (bicyclic) bond motifs is 1. The fourth-order valence-corrected chi connectivity index (χ4v) is 5.69. The number of hydrogen-bond donors (Lipinski definition) is 3. The smallest absolute Gasteiger partial charge is 0.251 e. The van der Waals surface area contributed by atoms with Crippen molar-refractivity contribution in [3.05, 3.63) is 70.6 Å². The van der Waals surface area contributed by atoms with Crippen LogP contribution in [0, 0.1) is 0 Å². The minimum absolute atomic E-state index is 0.0916. The Labute approximate surface area is 193 Å². The lowest BCUT2D eigenvalue weighted by molar-refractivity contribution is -0.118. The molecule has 3 N–H and O–H groups in total. The van der Waals surface area contributed by atoms with E-state index in [9.17, 15) is 9.59 Å². The quantitative estimate of drug-likeness (QED) is 0.435. The van der Waals surface area contributed by atoms with Gasteiger partial charge < -0.3 is 16.0 Å². The van der Waals surface area contributed by atoms with Gasteiger partial charge in [0.15, 0.2) is 0 Å². The van der Waals surface area contributed by atoms with E-state index in [1.807, 2.05) is 23.5 Å². The van der Waals surface area contributed by atoms with E-state index in [0.29, 0.717) is 36.7 Å². The van der Waals surface area contributed by atoms with Gasteiger partial charge in [0.1, 0.15) is 0 Å². The second-order valence-corrected chi connectivity index (χ2v) is 9.55. The van der Waals surface area contributed by atoms with Crippen molar-refractivity contribution in [2.45, 2.75) is 51.1 Å². The first kappa shape index (κ1) is 22.5. The fourth-order valence-electron chi connectivity index (χ4n) is 4.64. The molecule has 0 saturated heterocycles. The van der Waals surface area contributed by atoms with Crippen molar-refractivity contribution in [2.24, 2.45) is 0 Å². The molecule has 32 heavy (non-hydrogen) atoms. The highest BCUT2D eigenvalue weighted by Crippen LogP contribution is 2.37. The molecule has 3 aromatic rings. The molecule has 0 bridgehead atoms. The molecule has 1 aliphatic rings. The second kappa shape index (κ2) is 10.3. The summed E-state index contributed by atoms with van der Waals surface area (Å²) >= 11 is 1.82. The number of nitrogens with one attached hydrogen (secondary N) is 3.